The molecule has 0 aliphatic carbocycles. The molecule has 0 aliphatic heterocycles. The molecule has 1 rings (SSSR count). The zero-order valence-electron chi connectivity index (χ0n) is 9.84. The van der Waals surface area contributed by atoms with Crippen molar-refractivity contribution < 1.29 is 13.6 Å². The predicted molar refractivity (Wildman–Crippen MR) is 57.6 cm³/mol. The van der Waals surface area contributed by atoms with Crippen LogP contribution in [0.4, 0.5) is 8.78 Å². The fourth-order valence-electron chi connectivity index (χ4n) is 1.30. The van der Waals surface area contributed by atoms with E-state index in [0.717, 1.165) is 6.92 Å². The van der Waals surface area contributed by atoms with E-state index in [2.05, 4.69) is 4.98 Å². The molecule has 2 nitrogen and oxygen atoms in total. The van der Waals surface area contributed by atoms with Gasteiger partial charge in [0.2, 0.25) is 0 Å². The van der Waals surface area contributed by atoms with E-state index in [4.69, 9.17) is 0 Å². The van der Waals surface area contributed by atoms with Crippen LogP contribution in [0.3, 0.4) is 0 Å². The molecule has 0 unspecified atom stereocenters. The second-order valence-electron chi connectivity index (χ2n) is 4.87. The molecule has 16 heavy (non-hydrogen) atoms. The summed E-state index contributed by atoms with van der Waals surface area (Å²) in [5.74, 6) is -3.42. The highest BCUT2D eigenvalue weighted by Gasteiger charge is 2.34. The smallest absolute Gasteiger partial charge is 0.272 e. The first-order valence-corrected chi connectivity index (χ1v) is 5.02. The Kier molecular flexibility index (Phi) is 3.13. The molecule has 4 heteroatoms. The van der Waals surface area contributed by atoms with Crippen molar-refractivity contribution in [3.05, 3.63) is 29.6 Å². The third-order valence-corrected chi connectivity index (χ3v) is 2.18. The number of hydrogen-bond acceptors (Lipinski definition) is 2. The molecule has 1 aromatic heterocycles. The van der Waals surface area contributed by atoms with Crippen molar-refractivity contribution in [2.45, 2.75) is 33.6 Å². The Morgan fingerprint density at radius 2 is 1.81 bits per heavy atom. The van der Waals surface area contributed by atoms with Gasteiger partial charge in [-0.05, 0) is 12.1 Å². The fourth-order valence-corrected chi connectivity index (χ4v) is 1.30. The Morgan fingerprint density at radius 1 is 1.25 bits per heavy atom. The van der Waals surface area contributed by atoms with Crippen LogP contribution in [-0.2, 0) is 5.92 Å². The van der Waals surface area contributed by atoms with E-state index in [0.29, 0.717) is 0 Å². The first-order chi connectivity index (χ1) is 7.14. The van der Waals surface area contributed by atoms with Gasteiger partial charge < -0.3 is 0 Å². The second-order valence-corrected chi connectivity index (χ2v) is 4.87. The largest absolute Gasteiger partial charge is 0.292 e. The minimum atomic E-state index is -3.05. The molecule has 0 N–H and O–H groups in total. The summed E-state index contributed by atoms with van der Waals surface area (Å²) in [6.45, 7) is 5.81. The average molecular weight is 227 g/mol. The summed E-state index contributed by atoms with van der Waals surface area (Å²) < 4.78 is 26.5. The number of ketones is 1. The molecule has 1 heterocycles. The zero-order valence-corrected chi connectivity index (χ0v) is 9.84. The van der Waals surface area contributed by atoms with E-state index < -0.39 is 11.3 Å². The number of pyridine rings is 1. The lowest BCUT2D eigenvalue weighted by molar-refractivity contribution is 0.0156. The van der Waals surface area contributed by atoms with Crippen LogP contribution < -0.4 is 0 Å². The lowest BCUT2D eigenvalue weighted by Gasteiger charge is -2.20. The highest BCUT2D eigenvalue weighted by molar-refractivity contribution is 5.99. The Hall–Kier alpha value is -1.32. The molecule has 0 aliphatic rings. The van der Waals surface area contributed by atoms with Gasteiger partial charge in [-0.2, -0.15) is 0 Å². The maximum Gasteiger partial charge on any atom is 0.272 e. The molecule has 88 valence electrons. The van der Waals surface area contributed by atoms with Crippen LogP contribution in [-0.4, -0.2) is 10.8 Å². The SMILES string of the molecule is CC(C)(C)C(=O)c1ncccc1C(C)(F)F. The molecule has 0 atom stereocenters. The molecule has 0 spiro atoms. The van der Waals surface area contributed by atoms with E-state index >= 15 is 0 Å². The molecule has 0 saturated heterocycles. The first-order valence-electron chi connectivity index (χ1n) is 5.02. The van der Waals surface area contributed by atoms with E-state index in [1.54, 1.807) is 20.8 Å². The van der Waals surface area contributed by atoms with Crippen LogP contribution in [0.25, 0.3) is 0 Å². The number of nitrogens with zero attached hydrogens (tertiary/aromatic N) is 1. The number of aromatic nitrogens is 1. The number of Topliss-reactive ketones (excluding diaryl/α,β-unsaturated/α-hetero) is 1. The molecule has 1 aromatic rings. The van der Waals surface area contributed by atoms with Crippen LogP contribution in [0, 0.1) is 5.41 Å². The highest BCUT2D eigenvalue weighted by atomic mass is 19.3. The lowest BCUT2D eigenvalue weighted by atomic mass is 9.86. The Balaban J connectivity index is 3.31. The molecule has 0 radical (unpaired) electrons. The van der Waals surface area contributed by atoms with Gasteiger partial charge in [0.15, 0.2) is 5.78 Å². The molecule has 0 saturated carbocycles. The monoisotopic (exact) mass is 227 g/mol. The highest BCUT2D eigenvalue weighted by Crippen LogP contribution is 2.31. The van der Waals surface area contributed by atoms with Crippen LogP contribution in [0.1, 0.15) is 43.7 Å². The summed E-state index contributed by atoms with van der Waals surface area (Å²) in [6.07, 6.45) is 1.36. The Labute approximate surface area is 93.7 Å². The van der Waals surface area contributed by atoms with Gasteiger partial charge in [-0.3, -0.25) is 9.78 Å². The van der Waals surface area contributed by atoms with Gasteiger partial charge in [0.25, 0.3) is 5.92 Å². The van der Waals surface area contributed by atoms with Gasteiger partial charge in [0.1, 0.15) is 5.69 Å². The molecule has 0 fully saturated rings. The number of rotatable bonds is 2. The van der Waals surface area contributed by atoms with E-state index in [9.17, 15) is 13.6 Å². The molecular formula is C12H15F2NO. The van der Waals surface area contributed by atoms with Gasteiger partial charge in [-0.15, -0.1) is 0 Å². The Bertz CT molecular complexity index is 402. The lowest BCUT2D eigenvalue weighted by Crippen LogP contribution is -2.25. The summed E-state index contributed by atoms with van der Waals surface area (Å²) in [6, 6.07) is 2.65. The summed E-state index contributed by atoms with van der Waals surface area (Å²) in [4.78, 5) is 15.7. The number of halogens is 2. The van der Waals surface area contributed by atoms with Gasteiger partial charge in [0, 0.05) is 24.1 Å². The standard InChI is InChI=1S/C12H15F2NO/c1-11(2,3)10(16)9-8(12(4,13)14)6-5-7-15-9/h5-7H,1-4H3. The quantitative estimate of drug-likeness (QED) is 0.724. The average Bonchev–Trinajstić information content (AvgIpc) is 2.14. The third kappa shape index (κ3) is 2.62. The van der Waals surface area contributed by atoms with Crippen LogP contribution in [0.5, 0.6) is 0 Å². The summed E-state index contributed by atoms with van der Waals surface area (Å²) in [5, 5.41) is 0. The van der Waals surface area contributed by atoms with Gasteiger partial charge in [0.05, 0.1) is 0 Å². The van der Waals surface area contributed by atoms with Crippen molar-refractivity contribution >= 4 is 5.78 Å². The molecule has 0 aromatic carbocycles. The number of alkyl halides is 2. The van der Waals surface area contributed by atoms with Crippen molar-refractivity contribution in [1.29, 1.82) is 0 Å². The summed E-state index contributed by atoms with van der Waals surface area (Å²) in [5.41, 5.74) is -1.16. The first kappa shape index (κ1) is 12.7. The van der Waals surface area contributed by atoms with Crippen LogP contribution in [0.15, 0.2) is 18.3 Å². The maximum absolute atomic E-state index is 13.3. The van der Waals surface area contributed by atoms with E-state index in [-0.39, 0.29) is 17.0 Å². The van der Waals surface area contributed by atoms with Crippen molar-refractivity contribution in [2.24, 2.45) is 5.41 Å². The third-order valence-electron chi connectivity index (χ3n) is 2.18. The predicted octanol–water partition coefficient (Wildman–Crippen LogP) is 3.42. The summed E-state index contributed by atoms with van der Waals surface area (Å²) >= 11 is 0. The van der Waals surface area contributed by atoms with Crippen molar-refractivity contribution in [2.75, 3.05) is 0 Å². The topological polar surface area (TPSA) is 30.0 Å². The van der Waals surface area contributed by atoms with Gasteiger partial charge in [-0.1, -0.05) is 20.8 Å². The molecule has 0 bridgehead atoms. The van der Waals surface area contributed by atoms with E-state index in [1.165, 1.54) is 18.3 Å². The second kappa shape index (κ2) is 3.92. The van der Waals surface area contributed by atoms with E-state index in [1.807, 2.05) is 0 Å². The van der Waals surface area contributed by atoms with Gasteiger partial charge >= 0.3 is 0 Å². The number of carbonyl (C=O) groups excluding carboxylic acids is 1. The minimum Gasteiger partial charge on any atom is -0.292 e. The molecule has 0 amide bonds. The molecular weight excluding hydrogens is 212 g/mol. The zero-order chi connectivity index (χ0) is 12.6. The minimum absolute atomic E-state index is 0.137. The number of carbonyl (C=O) groups is 1. The maximum atomic E-state index is 13.3. The normalized spacial score (nSPS) is 12.6. The Morgan fingerprint density at radius 3 is 2.25 bits per heavy atom. The summed E-state index contributed by atoms with van der Waals surface area (Å²) in [7, 11) is 0. The van der Waals surface area contributed by atoms with Crippen molar-refractivity contribution in [3.8, 4) is 0 Å². The number of hydrogen-bond donors (Lipinski definition) is 0. The fraction of sp³-hybridized carbons (Fsp3) is 0.500. The van der Waals surface area contributed by atoms with Crippen molar-refractivity contribution in [3.63, 3.8) is 0 Å². The van der Waals surface area contributed by atoms with Crippen molar-refractivity contribution in [1.82, 2.24) is 4.98 Å². The van der Waals surface area contributed by atoms with Crippen LogP contribution in [0.2, 0.25) is 0 Å². The van der Waals surface area contributed by atoms with Crippen LogP contribution >= 0.6 is 0 Å². The van der Waals surface area contributed by atoms with Gasteiger partial charge in [-0.25, -0.2) is 8.78 Å².